The summed E-state index contributed by atoms with van der Waals surface area (Å²) >= 11 is 2.74. The molecule has 0 bridgehead atoms. The molecule has 24 heavy (non-hydrogen) atoms. The van der Waals surface area contributed by atoms with Gasteiger partial charge in [-0.25, -0.2) is 4.98 Å². The Morgan fingerprint density at radius 2 is 2.21 bits per heavy atom. The van der Waals surface area contributed by atoms with E-state index in [0.717, 1.165) is 4.34 Å². The molecule has 2 aromatic rings. The molecule has 0 radical (unpaired) electrons. The maximum absolute atomic E-state index is 12.0. The van der Waals surface area contributed by atoms with E-state index in [0.29, 0.717) is 23.7 Å². The minimum absolute atomic E-state index is 0.129. The third-order valence-electron chi connectivity index (χ3n) is 2.84. The molecule has 0 atom stereocenters. The van der Waals surface area contributed by atoms with E-state index >= 15 is 0 Å². The van der Waals surface area contributed by atoms with Crippen molar-refractivity contribution in [2.75, 3.05) is 24.8 Å². The number of thiazole rings is 1. The van der Waals surface area contributed by atoms with Crippen LogP contribution >= 0.6 is 23.1 Å². The Morgan fingerprint density at radius 3 is 2.96 bits per heavy atom. The summed E-state index contributed by atoms with van der Waals surface area (Å²) in [5.41, 5.74) is 1.34. The highest BCUT2D eigenvalue weighted by Crippen LogP contribution is 2.23. The van der Waals surface area contributed by atoms with Gasteiger partial charge in [-0.05, 0) is 19.1 Å². The van der Waals surface area contributed by atoms with Gasteiger partial charge in [0.2, 0.25) is 5.91 Å². The number of nitrogens with one attached hydrogen (secondary N) is 1. The normalized spacial score (nSPS) is 10.2. The van der Waals surface area contributed by atoms with Gasteiger partial charge in [-0.15, -0.1) is 11.3 Å². The molecule has 8 heteroatoms. The van der Waals surface area contributed by atoms with Gasteiger partial charge in [0.05, 0.1) is 31.6 Å². The second kappa shape index (κ2) is 9.29. The van der Waals surface area contributed by atoms with Crippen molar-refractivity contribution in [2.24, 2.45) is 0 Å². The number of aromatic nitrogens is 1. The fourth-order valence-electron chi connectivity index (χ4n) is 1.82. The number of carbonyl (C=O) groups excluding carboxylic acids is 2. The molecule has 0 unspecified atom stereocenters. The minimum atomic E-state index is -0.296. The van der Waals surface area contributed by atoms with Crippen molar-refractivity contribution in [3.63, 3.8) is 0 Å². The maximum atomic E-state index is 12.0. The molecule has 6 nitrogen and oxygen atoms in total. The Bertz CT molecular complexity index is 703. The Morgan fingerprint density at radius 1 is 1.38 bits per heavy atom. The summed E-state index contributed by atoms with van der Waals surface area (Å²) in [6.45, 7) is 2.12. The molecule has 0 aliphatic rings. The zero-order valence-electron chi connectivity index (χ0n) is 13.4. The second-order valence-corrected chi connectivity index (χ2v) is 6.74. The summed E-state index contributed by atoms with van der Waals surface area (Å²) in [6.07, 6.45) is 0.154. The summed E-state index contributed by atoms with van der Waals surface area (Å²) in [4.78, 5) is 27.7. The van der Waals surface area contributed by atoms with Gasteiger partial charge in [0, 0.05) is 17.1 Å². The fourth-order valence-corrected chi connectivity index (χ4v) is 3.47. The lowest BCUT2D eigenvalue weighted by Gasteiger charge is -2.06. The van der Waals surface area contributed by atoms with Crippen molar-refractivity contribution >= 4 is 40.7 Å². The van der Waals surface area contributed by atoms with E-state index in [1.807, 2.05) is 12.1 Å². The van der Waals surface area contributed by atoms with Crippen molar-refractivity contribution in [3.05, 3.63) is 35.3 Å². The molecule has 1 aromatic carbocycles. The number of carbonyl (C=O) groups is 2. The molecule has 0 spiro atoms. The van der Waals surface area contributed by atoms with E-state index in [2.05, 4.69) is 10.3 Å². The minimum Gasteiger partial charge on any atom is -0.497 e. The van der Waals surface area contributed by atoms with Crippen molar-refractivity contribution in [1.82, 2.24) is 4.98 Å². The van der Waals surface area contributed by atoms with Crippen LogP contribution < -0.4 is 10.1 Å². The molecule has 1 amide bonds. The summed E-state index contributed by atoms with van der Waals surface area (Å²) < 4.78 is 10.7. The first kappa shape index (κ1) is 18.3. The molecular formula is C16H18N2O4S2. The number of benzene rings is 1. The highest BCUT2D eigenvalue weighted by Gasteiger charge is 2.10. The average Bonchev–Trinajstić information content (AvgIpc) is 3.00. The molecule has 1 aromatic heterocycles. The van der Waals surface area contributed by atoms with E-state index in [1.54, 1.807) is 31.5 Å². The Hall–Kier alpha value is -2.06. The predicted octanol–water partition coefficient (Wildman–Crippen LogP) is 2.99. The topological polar surface area (TPSA) is 77.5 Å². The first-order chi connectivity index (χ1) is 11.6. The number of methoxy groups -OCH3 is 1. The standard InChI is InChI=1S/C16H18N2O4S2/c1-3-22-15(20)8-12-9-23-16(18-12)24-10-14(19)17-11-5-4-6-13(7-11)21-2/h4-7,9H,3,8,10H2,1-2H3,(H,17,19). The number of ether oxygens (including phenoxy) is 2. The maximum Gasteiger partial charge on any atom is 0.311 e. The van der Waals surface area contributed by atoms with Gasteiger partial charge < -0.3 is 14.8 Å². The van der Waals surface area contributed by atoms with Crippen LogP contribution in [0.4, 0.5) is 5.69 Å². The van der Waals surface area contributed by atoms with Gasteiger partial charge >= 0.3 is 5.97 Å². The zero-order valence-corrected chi connectivity index (χ0v) is 15.0. The number of esters is 1. The van der Waals surface area contributed by atoms with Gasteiger partial charge in [0.25, 0.3) is 0 Å². The van der Waals surface area contributed by atoms with Crippen molar-refractivity contribution in [3.8, 4) is 5.75 Å². The molecule has 0 aliphatic heterocycles. The van der Waals surface area contributed by atoms with Crippen molar-refractivity contribution < 1.29 is 19.1 Å². The SMILES string of the molecule is CCOC(=O)Cc1csc(SCC(=O)Nc2cccc(OC)c2)n1. The number of thioether (sulfide) groups is 1. The number of rotatable bonds is 8. The van der Waals surface area contributed by atoms with E-state index in [9.17, 15) is 9.59 Å². The summed E-state index contributed by atoms with van der Waals surface area (Å²) in [5, 5.41) is 4.61. The molecule has 1 heterocycles. The van der Waals surface area contributed by atoms with Crippen LogP contribution in [0, 0.1) is 0 Å². The largest absolute Gasteiger partial charge is 0.497 e. The highest BCUT2D eigenvalue weighted by atomic mass is 32.2. The quantitative estimate of drug-likeness (QED) is 0.572. The second-order valence-electron chi connectivity index (χ2n) is 4.66. The van der Waals surface area contributed by atoms with Crippen molar-refractivity contribution in [1.29, 1.82) is 0 Å². The third kappa shape index (κ3) is 5.86. The van der Waals surface area contributed by atoms with Gasteiger partial charge in [-0.3, -0.25) is 9.59 Å². The third-order valence-corrected chi connectivity index (χ3v) is 4.91. The van der Waals surface area contributed by atoms with E-state index < -0.39 is 0 Å². The monoisotopic (exact) mass is 366 g/mol. The zero-order chi connectivity index (χ0) is 17.4. The molecule has 1 N–H and O–H groups in total. The van der Waals surface area contributed by atoms with Crippen LogP contribution in [-0.4, -0.2) is 36.3 Å². The van der Waals surface area contributed by atoms with Crippen LogP contribution in [0.15, 0.2) is 34.0 Å². The molecule has 0 saturated heterocycles. The molecular weight excluding hydrogens is 348 g/mol. The number of amides is 1. The first-order valence-electron chi connectivity index (χ1n) is 7.27. The van der Waals surface area contributed by atoms with Crippen molar-refractivity contribution in [2.45, 2.75) is 17.7 Å². The lowest BCUT2D eigenvalue weighted by atomic mass is 10.3. The summed E-state index contributed by atoms with van der Waals surface area (Å²) in [6, 6.07) is 7.17. The van der Waals surface area contributed by atoms with Crippen LogP contribution in [0.1, 0.15) is 12.6 Å². The van der Waals surface area contributed by atoms with Gasteiger partial charge in [0.1, 0.15) is 5.75 Å². The Kier molecular flexibility index (Phi) is 7.07. The highest BCUT2D eigenvalue weighted by molar-refractivity contribution is 8.01. The van der Waals surface area contributed by atoms with E-state index in [4.69, 9.17) is 9.47 Å². The first-order valence-corrected chi connectivity index (χ1v) is 9.14. The lowest BCUT2D eigenvalue weighted by Crippen LogP contribution is -2.13. The predicted molar refractivity (Wildman–Crippen MR) is 94.8 cm³/mol. The van der Waals surface area contributed by atoms with Crippen LogP contribution in [0.25, 0.3) is 0 Å². The van der Waals surface area contributed by atoms with E-state index in [-0.39, 0.29) is 24.1 Å². The van der Waals surface area contributed by atoms with Gasteiger partial charge in [-0.1, -0.05) is 17.8 Å². The number of anilines is 1. The molecule has 0 fully saturated rings. The van der Waals surface area contributed by atoms with E-state index in [1.165, 1.54) is 23.1 Å². The van der Waals surface area contributed by atoms with Crippen LogP contribution in [-0.2, 0) is 20.7 Å². The molecule has 128 valence electrons. The van der Waals surface area contributed by atoms with Crippen LogP contribution in [0.2, 0.25) is 0 Å². The van der Waals surface area contributed by atoms with Gasteiger partial charge in [0.15, 0.2) is 4.34 Å². The molecule has 0 saturated carbocycles. The summed E-state index contributed by atoms with van der Waals surface area (Å²) in [5.74, 6) is 0.498. The number of nitrogens with zero attached hydrogens (tertiary/aromatic N) is 1. The number of hydrogen-bond acceptors (Lipinski definition) is 7. The Labute approximate surface area is 148 Å². The van der Waals surface area contributed by atoms with Crippen LogP contribution in [0.3, 0.4) is 0 Å². The molecule has 2 rings (SSSR count). The lowest BCUT2D eigenvalue weighted by molar-refractivity contribution is -0.142. The van der Waals surface area contributed by atoms with Gasteiger partial charge in [-0.2, -0.15) is 0 Å². The fraction of sp³-hybridized carbons (Fsp3) is 0.312. The molecule has 0 aliphatic carbocycles. The Balaban J connectivity index is 1.81. The summed E-state index contributed by atoms with van der Waals surface area (Å²) in [7, 11) is 1.58. The van der Waals surface area contributed by atoms with Crippen LogP contribution in [0.5, 0.6) is 5.75 Å². The average molecular weight is 366 g/mol. The smallest absolute Gasteiger partial charge is 0.311 e. The number of hydrogen-bond donors (Lipinski definition) is 1.